The first kappa shape index (κ1) is 8.04. The molecule has 1 aliphatic carbocycles. The summed E-state index contributed by atoms with van der Waals surface area (Å²) >= 11 is 0. The Hall–Kier alpha value is -1.31. The molecule has 0 fully saturated rings. The largest absolute Gasteiger partial charge is 0.347 e. The van der Waals surface area contributed by atoms with Gasteiger partial charge < -0.3 is 4.57 Å². The van der Waals surface area contributed by atoms with Crippen LogP contribution in [0.1, 0.15) is 17.7 Å². The predicted octanol–water partition coefficient (Wildman–Crippen LogP) is 2.81. The van der Waals surface area contributed by atoms with Crippen molar-refractivity contribution < 1.29 is 4.39 Å². The number of hydrogen-bond acceptors (Lipinski definition) is 0. The lowest BCUT2D eigenvalue weighted by atomic mass is 10.1. The summed E-state index contributed by atoms with van der Waals surface area (Å²) in [5.74, 6) is -0.127. The number of aryl methyl sites for hydroxylation is 2. The third-order valence-electron chi connectivity index (χ3n) is 3.24. The number of rotatable bonds is 0. The van der Waals surface area contributed by atoms with Gasteiger partial charge in [-0.25, -0.2) is 4.39 Å². The first-order valence-corrected chi connectivity index (χ1v) is 5.03. The summed E-state index contributed by atoms with van der Waals surface area (Å²) in [6.45, 7) is 0. The summed E-state index contributed by atoms with van der Waals surface area (Å²) in [6, 6.07) is 5.08. The molecule has 0 N–H and O–H groups in total. The average Bonchev–Trinajstić information content (AvgIpc) is 2.71. The summed E-state index contributed by atoms with van der Waals surface area (Å²) in [5, 5.41) is 1.11. The van der Waals surface area contributed by atoms with Gasteiger partial charge in [0.05, 0.1) is 0 Å². The molecule has 2 aromatic rings. The molecule has 0 aliphatic heterocycles. The molecular formula is C12H12FN. The molecule has 14 heavy (non-hydrogen) atoms. The van der Waals surface area contributed by atoms with Crippen LogP contribution in [0, 0.1) is 5.82 Å². The Balaban J connectivity index is 2.45. The lowest BCUT2D eigenvalue weighted by Crippen LogP contribution is -1.92. The van der Waals surface area contributed by atoms with Crippen molar-refractivity contribution >= 4 is 10.9 Å². The van der Waals surface area contributed by atoms with E-state index in [1.165, 1.54) is 23.7 Å². The van der Waals surface area contributed by atoms with Crippen molar-refractivity contribution in [1.82, 2.24) is 4.57 Å². The van der Waals surface area contributed by atoms with Gasteiger partial charge in [0.25, 0.3) is 0 Å². The fourth-order valence-corrected chi connectivity index (χ4v) is 2.58. The highest BCUT2D eigenvalue weighted by molar-refractivity contribution is 5.86. The van der Waals surface area contributed by atoms with E-state index in [0.717, 1.165) is 23.7 Å². The zero-order valence-electron chi connectivity index (χ0n) is 8.18. The highest BCUT2D eigenvalue weighted by Crippen LogP contribution is 2.32. The van der Waals surface area contributed by atoms with E-state index in [-0.39, 0.29) is 5.82 Å². The van der Waals surface area contributed by atoms with Crippen LogP contribution in [0.2, 0.25) is 0 Å². The minimum Gasteiger partial charge on any atom is -0.347 e. The monoisotopic (exact) mass is 189 g/mol. The van der Waals surface area contributed by atoms with Crippen molar-refractivity contribution in [3.05, 3.63) is 35.3 Å². The van der Waals surface area contributed by atoms with Crippen LogP contribution >= 0.6 is 0 Å². The molecule has 0 atom stereocenters. The van der Waals surface area contributed by atoms with E-state index in [1.807, 2.05) is 6.07 Å². The van der Waals surface area contributed by atoms with E-state index in [1.54, 1.807) is 6.07 Å². The first-order valence-electron chi connectivity index (χ1n) is 5.03. The smallest absolute Gasteiger partial charge is 0.123 e. The molecule has 1 aliphatic rings. The molecule has 2 heteroatoms. The topological polar surface area (TPSA) is 4.93 Å². The quantitative estimate of drug-likeness (QED) is 0.600. The molecule has 0 unspecified atom stereocenters. The van der Waals surface area contributed by atoms with E-state index < -0.39 is 0 Å². The Bertz CT molecular complexity index is 511. The van der Waals surface area contributed by atoms with Gasteiger partial charge in [0.15, 0.2) is 0 Å². The number of aromatic nitrogens is 1. The summed E-state index contributed by atoms with van der Waals surface area (Å²) in [5.41, 5.74) is 3.92. The highest BCUT2D eigenvalue weighted by Gasteiger charge is 2.19. The zero-order valence-corrected chi connectivity index (χ0v) is 8.18. The molecule has 0 radical (unpaired) electrons. The molecule has 1 aromatic carbocycles. The third kappa shape index (κ3) is 0.884. The van der Waals surface area contributed by atoms with Gasteiger partial charge in [-0.15, -0.1) is 0 Å². The Labute approximate surface area is 82.2 Å². The fraction of sp³-hybridized carbons (Fsp3) is 0.333. The maximum atomic E-state index is 13.1. The number of benzene rings is 1. The van der Waals surface area contributed by atoms with Crippen LogP contribution in [0.4, 0.5) is 4.39 Å². The summed E-state index contributed by atoms with van der Waals surface area (Å²) in [4.78, 5) is 0. The van der Waals surface area contributed by atoms with Crippen molar-refractivity contribution in [1.29, 1.82) is 0 Å². The Morgan fingerprint density at radius 3 is 3.00 bits per heavy atom. The van der Waals surface area contributed by atoms with E-state index in [2.05, 4.69) is 11.6 Å². The van der Waals surface area contributed by atoms with Crippen molar-refractivity contribution in [2.45, 2.75) is 19.3 Å². The van der Waals surface area contributed by atoms with Gasteiger partial charge in [-0.3, -0.25) is 0 Å². The first-order chi connectivity index (χ1) is 6.77. The van der Waals surface area contributed by atoms with Crippen LogP contribution in [0.25, 0.3) is 10.9 Å². The standard InChI is InChI=1S/C12H12FN/c1-14-11-4-2-3-9(11)10-7-8(13)5-6-12(10)14/h5-7H,2-4H2,1H3. The molecule has 0 amide bonds. The molecule has 0 saturated carbocycles. The summed E-state index contributed by atoms with van der Waals surface area (Å²) < 4.78 is 15.3. The molecule has 0 saturated heterocycles. The van der Waals surface area contributed by atoms with Crippen LogP contribution in [-0.4, -0.2) is 4.57 Å². The van der Waals surface area contributed by atoms with Gasteiger partial charge in [-0.05, 0) is 43.0 Å². The van der Waals surface area contributed by atoms with Gasteiger partial charge in [-0.2, -0.15) is 0 Å². The Morgan fingerprint density at radius 2 is 2.14 bits per heavy atom. The second kappa shape index (κ2) is 2.59. The van der Waals surface area contributed by atoms with E-state index in [9.17, 15) is 4.39 Å². The normalized spacial score (nSPS) is 15.0. The second-order valence-electron chi connectivity index (χ2n) is 4.00. The minimum absolute atomic E-state index is 0.127. The number of halogens is 1. The number of nitrogens with zero attached hydrogens (tertiary/aromatic N) is 1. The third-order valence-corrected chi connectivity index (χ3v) is 3.24. The van der Waals surface area contributed by atoms with Crippen LogP contribution in [0.15, 0.2) is 18.2 Å². The van der Waals surface area contributed by atoms with Gasteiger partial charge >= 0.3 is 0 Å². The maximum absolute atomic E-state index is 13.1. The lowest BCUT2D eigenvalue weighted by Gasteiger charge is -2.00. The molecule has 72 valence electrons. The van der Waals surface area contributed by atoms with Crippen LogP contribution in [-0.2, 0) is 19.9 Å². The van der Waals surface area contributed by atoms with Gasteiger partial charge in [0.1, 0.15) is 5.82 Å². The minimum atomic E-state index is -0.127. The van der Waals surface area contributed by atoms with Crippen molar-refractivity contribution in [2.75, 3.05) is 0 Å². The highest BCUT2D eigenvalue weighted by atomic mass is 19.1. The molecule has 3 rings (SSSR count). The molecule has 0 spiro atoms. The number of hydrogen-bond donors (Lipinski definition) is 0. The van der Waals surface area contributed by atoms with Crippen LogP contribution in [0.5, 0.6) is 0 Å². The number of fused-ring (bicyclic) bond motifs is 3. The molecule has 1 aromatic heterocycles. The summed E-state index contributed by atoms with van der Waals surface area (Å²) in [7, 11) is 2.07. The Kier molecular flexibility index (Phi) is 1.49. The molecule has 1 heterocycles. The average molecular weight is 189 g/mol. The van der Waals surface area contributed by atoms with Gasteiger partial charge in [-0.1, -0.05) is 0 Å². The zero-order chi connectivity index (χ0) is 9.71. The van der Waals surface area contributed by atoms with E-state index >= 15 is 0 Å². The second-order valence-corrected chi connectivity index (χ2v) is 4.00. The van der Waals surface area contributed by atoms with Gasteiger partial charge in [0, 0.05) is 23.6 Å². The molecule has 1 nitrogen and oxygen atoms in total. The summed E-state index contributed by atoms with van der Waals surface area (Å²) in [6.07, 6.45) is 3.46. The fourth-order valence-electron chi connectivity index (χ4n) is 2.58. The Morgan fingerprint density at radius 1 is 1.29 bits per heavy atom. The predicted molar refractivity (Wildman–Crippen MR) is 54.9 cm³/mol. The van der Waals surface area contributed by atoms with E-state index in [4.69, 9.17) is 0 Å². The molecule has 0 bridgehead atoms. The lowest BCUT2D eigenvalue weighted by molar-refractivity contribution is 0.629. The molecular weight excluding hydrogens is 177 g/mol. The van der Waals surface area contributed by atoms with Gasteiger partial charge in [0.2, 0.25) is 0 Å². The SMILES string of the molecule is Cn1c2c(c3cc(F)ccc31)CCC2. The van der Waals surface area contributed by atoms with Crippen LogP contribution < -0.4 is 0 Å². The van der Waals surface area contributed by atoms with Crippen molar-refractivity contribution in [3.8, 4) is 0 Å². The van der Waals surface area contributed by atoms with Crippen molar-refractivity contribution in [2.24, 2.45) is 7.05 Å². The van der Waals surface area contributed by atoms with Crippen LogP contribution in [0.3, 0.4) is 0 Å². The maximum Gasteiger partial charge on any atom is 0.123 e. The van der Waals surface area contributed by atoms with E-state index in [0.29, 0.717) is 0 Å². The van der Waals surface area contributed by atoms with Crippen molar-refractivity contribution in [3.63, 3.8) is 0 Å².